The smallest absolute Gasteiger partial charge is 0.408 e. The fraction of sp³-hybridized carbons (Fsp3) is 0.778. The highest BCUT2D eigenvalue weighted by molar-refractivity contribution is 5.85. The zero-order valence-corrected chi connectivity index (χ0v) is 7.77. The first kappa shape index (κ1) is 9.30. The molecule has 1 heterocycles. The molecule has 14 heavy (non-hydrogen) atoms. The molecule has 0 radical (unpaired) electrons. The topological polar surface area (TPSA) is 77.8 Å². The predicted molar refractivity (Wildman–Crippen MR) is 47.1 cm³/mol. The Balaban J connectivity index is 2.37. The summed E-state index contributed by atoms with van der Waals surface area (Å²) in [4.78, 5) is 23.2. The van der Waals surface area contributed by atoms with Gasteiger partial charge >= 0.3 is 12.1 Å². The number of hydrogen-bond acceptors (Lipinski definition) is 2. The van der Waals surface area contributed by atoms with Crippen molar-refractivity contribution in [2.45, 2.75) is 31.2 Å². The number of hydrogen-bond donors (Lipinski definition) is 2. The van der Waals surface area contributed by atoms with Gasteiger partial charge in [-0.3, -0.25) is 4.90 Å². The lowest BCUT2D eigenvalue weighted by Crippen LogP contribution is -2.53. The van der Waals surface area contributed by atoms with Gasteiger partial charge in [-0.1, -0.05) is 6.42 Å². The molecule has 0 aromatic carbocycles. The van der Waals surface area contributed by atoms with Crippen LogP contribution in [0.1, 0.15) is 25.7 Å². The zero-order valence-electron chi connectivity index (χ0n) is 7.77. The van der Waals surface area contributed by atoms with Crippen LogP contribution >= 0.6 is 0 Å². The molecule has 2 rings (SSSR count). The van der Waals surface area contributed by atoms with Crippen molar-refractivity contribution < 1.29 is 19.8 Å². The minimum absolute atomic E-state index is 0.0242. The van der Waals surface area contributed by atoms with Gasteiger partial charge < -0.3 is 10.2 Å². The predicted octanol–water partition coefficient (Wildman–Crippen LogP) is 0.994. The van der Waals surface area contributed by atoms with Crippen LogP contribution < -0.4 is 0 Å². The number of carbonyl (C=O) groups is 2. The van der Waals surface area contributed by atoms with Crippen LogP contribution in [0, 0.1) is 5.92 Å². The molecule has 2 aliphatic rings. The van der Waals surface area contributed by atoms with Gasteiger partial charge in [0.2, 0.25) is 0 Å². The first-order valence-corrected chi connectivity index (χ1v) is 4.83. The third-order valence-corrected chi connectivity index (χ3v) is 3.57. The van der Waals surface area contributed by atoms with E-state index >= 15 is 0 Å². The van der Waals surface area contributed by atoms with Crippen molar-refractivity contribution in [1.82, 2.24) is 4.90 Å². The van der Waals surface area contributed by atoms with Crippen LogP contribution in [0.3, 0.4) is 0 Å². The van der Waals surface area contributed by atoms with Gasteiger partial charge in [-0.05, 0) is 25.2 Å². The van der Waals surface area contributed by atoms with Crippen LogP contribution in [0.15, 0.2) is 0 Å². The fourth-order valence-electron chi connectivity index (χ4n) is 2.95. The molecule has 5 heteroatoms. The van der Waals surface area contributed by atoms with Gasteiger partial charge in [0.25, 0.3) is 0 Å². The van der Waals surface area contributed by atoms with E-state index < -0.39 is 17.6 Å². The van der Waals surface area contributed by atoms with Gasteiger partial charge in [0, 0.05) is 6.54 Å². The highest BCUT2D eigenvalue weighted by atomic mass is 16.4. The number of fused-ring (bicyclic) bond motifs is 1. The summed E-state index contributed by atoms with van der Waals surface area (Å²) in [5.74, 6) is -0.948. The quantitative estimate of drug-likeness (QED) is 0.660. The molecule has 2 atom stereocenters. The number of carboxylic acid groups (broad SMARTS) is 2. The lowest BCUT2D eigenvalue weighted by Gasteiger charge is -2.32. The summed E-state index contributed by atoms with van der Waals surface area (Å²) in [5, 5.41) is 18.1. The minimum atomic E-state index is -1.11. The van der Waals surface area contributed by atoms with Crippen molar-refractivity contribution in [2.24, 2.45) is 5.92 Å². The van der Waals surface area contributed by atoms with Crippen molar-refractivity contribution >= 4 is 12.1 Å². The summed E-state index contributed by atoms with van der Waals surface area (Å²) in [5.41, 5.74) is -1.11. The Bertz CT molecular complexity index is 291. The highest BCUT2D eigenvalue weighted by Gasteiger charge is 2.58. The number of nitrogens with zero attached hydrogens (tertiary/aromatic N) is 1. The maximum atomic E-state index is 11.2. The van der Waals surface area contributed by atoms with Crippen LogP contribution in [0.25, 0.3) is 0 Å². The number of likely N-dealkylation sites (tertiary alicyclic amines) is 1. The second-order valence-corrected chi connectivity index (χ2v) is 4.04. The number of carboxylic acids is 1. The monoisotopic (exact) mass is 199 g/mol. The van der Waals surface area contributed by atoms with Gasteiger partial charge in [-0.15, -0.1) is 0 Å². The van der Waals surface area contributed by atoms with Crippen molar-refractivity contribution in [3.05, 3.63) is 0 Å². The molecule has 78 valence electrons. The minimum Gasteiger partial charge on any atom is -0.479 e. The van der Waals surface area contributed by atoms with Gasteiger partial charge in [0.05, 0.1) is 0 Å². The second kappa shape index (κ2) is 2.87. The van der Waals surface area contributed by atoms with Crippen LogP contribution in [0.4, 0.5) is 4.79 Å². The fourth-order valence-corrected chi connectivity index (χ4v) is 2.95. The Kier molecular flexibility index (Phi) is 1.90. The molecule has 0 unspecified atom stereocenters. The van der Waals surface area contributed by atoms with Crippen LogP contribution in [-0.2, 0) is 4.79 Å². The number of amides is 1. The highest BCUT2D eigenvalue weighted by Crippen LogP contribution is 2.47. The van der Waals surface area contributed by atoms with Gasteiger partial charge in [0.1, 0.15) is 5.54 Å². The van der Waals surface area contributed by atoms with Crippen molar-refractivity contribution in [3.8, 4) is 0 Å². The Labute approximate surface area is 81.3 Å². The molecule has 1 aliphatic heterocycles. The van der Waals surface area contributed by atoms with Crippen LogP contribution in [-0.4, -0.2) is 39.3 Å². The first-order valence-electron chi connectivity index (χ1n) is 4.83. The maximum Gasteiger partial charge on any atom is 0.408 e. The third-order valence-electron chi connectivity index (χ3n) is 3.57. The molecule has 1 amide bonds. The number of aliphatic carboxylic acids is 1. The summed E-state index contributed by atoms with van der Waals surface area (Å²) in [7, 11) is 0. The third kappa shape index (κ3) is 0.951. The Morgan fingerprint density at radius 1 is 1.29 bits per heavy atom. The maximum absolute atomic E-state index is 11.2. The molecule has 5 nitrogen and oxygen atoms in total. The van der Waals surface area contributed by atoms with Crippen molar-refractivity contribution in [1.29, 1.82) is 0 Å². The van der Waals surface area contributed by atoms with Gasteiger partial charge in [0.15, 0.2) is 0 Å². The zero-order chi connectivity index (χ0) is 10.3. The molecule has 0 spiro atoms. The van der Waals surface area contributed by atoms with E-state index in [0.29, 0.717) is 19.4 Å². The molecular formula is C9H13NO4. The molecule has 0 aromatic rings. The molecule has 1 saturated heterocycles. The van der Waals surface area contributed by atoms with E-state index in [9.17, 15) is 14.7 Å². The lowest BCUT2D eigenvalue weighted by atomic mass is 9.88. The molecule has 0 bridgehead atoms. The number of rotatable bonds is 1. The summed E-state index contributed by atoms with van der Waals surface area (Å²) in [6.45, 7) is 0.367. The summed E-state index contributed by atoms with van der Waals surface area (Å²) in [6, 6.07) is 0. The van der Waals surface area contributed by atoms with Crippen molar-refractivity contribution in [2.75, 3.05) is 6.54 Å². The summed E-state index contributed by atoms with van der Waals surface area (Å²) < 4.78 is 0. The van der Waals surface area contributed by atoms with Crippen LogP contribution in [0.2, 0.25) is 0 Å². The second-order valence-electron chi connectivity index (χ2n) is 4.04. The SMILES string of the molecule is O=C(O)N1CC[C@H]2CCC[C@]21C(=O)O. The average Bonchev–Trinajstić information content (AvgIpc) is 2.57. The summed E-state index contributed by atoms with van der Waals surface area (Å²) >= 11 is 0. The van der Waals surface area contributed by atoms with E-state index in [2.05, 4.69) is 0 Å². The molecule has 1 saturated carbocycles. The molecule has 2 fully saturated rings. The van der Waals surface area contributed by atoms with Crippen molar-refractivity contribution in [3.63, 3.8) is 0 Å². The normalized spacial score (nSPS) is 35.7. The van der Waals surface area contributed by atoms with E-state index in [4.69, 9.17) is 5.11 Å². The molecule has 2 N–H and O–H groups in total. The molecular weight excluding hydrogens is 186 g/mol. The molecule has 1 aliphatic carbocycles. The van der Waals surface area contributed by atoms with E-state index in [0.717, 1.165) is 17.7 Å². The standard InChI is InChI=1S/C9H13NO4/c11-7(12)9-4-1-2-6(9)3-5-10(9)8(13)14/h6H,1-5H2,(H,11,12)(H,13,14)/t6-,9-/m1/s1. The van der Waals surface area contributed by atoms with E-state index in [1.807, 2.05) is 0 Å². The van der Waals surface area contributed by atoms with Gasteiger partial charge in [-0.25, -0.2) is 9.59 Å². The van der Waals surface area contributed by atoms with E-state index in [1.165, 1.54) is 0 Å². The average molecular weight is 199 g/mol. The Morgan fingerprint density at radius 3 is 2.57 bits per heavy atom. The first-order chi connectivity index (χ1) is 6.59. The van der Waals surface area contributed by atoms with Crippen LogP contribution in [0.5, 0.6) is 0 Å². The lowest BCUT2D eigenvalue weighted by molar-refractivity contribution is -0.150. The Morgan fingerprint density at radius 2 is 2.00 bits per heavy atom. The van der Waals surface area contributed by atoms with E-state index in [1.54, 1.807) is 0 Å². The van der Waals surface area contributed by atoms with Gasteiger partial charge in [-0.2, -0.15) is 0 Å². The summed E-state index contributed by atoms with van der Waals surface area (Å²) in [6.07, 6.45) is 1.73. The van der Waals surface area contributed by atoms with E-state index in [-0.39, 0.29) is 5.92 Å². The largest absolute Gasteiger partial charge is 0.479 e. The Hall–Kier alpha value is -1.26. The molecule has 0 aromatic heterocycles.